The van der Waals surface area contributed by atoms with E-state index < -0.39 is 0 Å². The molecule has 0 unspecified atom stereocenters. The van der Waals surface area contributed by atoms with E-state index in [9.17, 15) is 0 Å². The van der Waals surface area contributed by atoms with Gasteiger partial charge in [0.1, 0.15) is 5.75 Å². The number of benzene rings is 1. The fourth-order valence-electron chi connectivity index (χ4n) is 2.00. The van der Waals surface area contributed by atoms with Crippen molar-refractivity contribution >= 4 is 5.69 Å². The van der Waals surface area contributed by atoms with Crippen LogP contribution in [0.5, 0.6) is 5.75 Å². The smallest absolute Gasteiger partial charge is 0.122 e. The summed E-state index contributed by atoms with van der Waals surface area (Å²) in [6, 6.07) is 8.16. The zero-order chi connectivity index (χ0) is 12.8. The molecule has 96 valence electrons. The lowest BCUT2D eigenvalue weighted by Crippen LogP contribution is -1.99. The van der Waals surface area contributed by atoms with E-state index in [2.05, 4.69) is 11.2 Å². The maximum Gasteiger partial charge on any atom is 0.122 e. The summed E-state index contributed by atoms with van der Waals surface area (Å²) in [6.07, 6.45) is 6.77. The van der Waals surface area contributed by atoms with Gasteiger partial charge in [-0.1, -0.05) is 18.2 Å². The molecule has 0 radical (unpaired) electrons. The van der Waals surface area contributed by atoms with Crippen LogP contribution in [0.3, 0.4) is 0 Å². The van der Waals surface area contributed by atoms with Crippen LogP contribution in [0.25, 0.3) is 0 Å². The largest absolute Gasteiger partial charge is 0.496 e. The monoisotopic (exact) mass is 245 g/mol. The number of rotatable bonds is 6. The molecule has 18 heavy (non-hydrogen) atoms. The molecule has 1 aromatic carbocycles. The SMILES string of the molecule is COc1ccccc1CCCCn1cc(N)cn1. The van der Waals surface area contributed by atoms with Crippen molar-refractivity contribution in [2.24, 2.45) is 0 Å². The van der Waals surface area contributed by atoms with Crippen molar-refractivity contribution in [3.05, 3.63) is 42.2 Å². The van der Waals surface area contributed by atoms with Gasteiger partial charge in [0.05, 0.1) is 19.0 Å². The third-order valence-corrected chi connectivity index (χ3v) is 2.93. The van der Waals surface area contributed by atoms with E-state index in [1.807, 2.05) is 29.1 Å². The van der Waals surface area contributed by atoms with E-state index in [1.165, 1.54) is 5.56 Å². The third-order valence-electron chi connectivity index (χ3n) is 2.93. The average Bonchev–Trinajstić information content (AvgIpc) is 2.81. The Morgan fingerprint density at radius 1 is 1.28 bits per heavy atom. The molecule has 0 aliphatic carbocycles. The molecule has 4 nitrogen and oxygen atoms in total. The molecular weight excluding hydrogens is 226 g/mol. The summed E-state index contributed by atoms with van der Waals surface area (Å²) in [7, 11) is 1.71. The van der Waals surface area contributed by atoms with Crippen LogP contribution in [0.15, 0.2) is 36.7 Å². The molecule has 0 aliphatic heterocycles. The number of hydrogen-bond donors (Lipinski definition) is 1. The van der Waals surface area contributed by atoms with Crippen LogP contribution in [0, 0.1) is 0 Å². The van der Waals surface area contributed by atoms with E-state index >= 15 is 0 Å². The first-order valence-electron chi connectivity index (χ1n) is 6.19. The van der Waals surface area contributed by atoms with Gasteiger partial charge < -0.3 is 10.5 Å². The second-order valence-corrected chi connectivity index (χ2v) is 4.31. The topological polar surface area (TPSA) is 53.1 Å². The van der Waals surface area contributed by atoms with Gasteiger partial charge in [0, 0.05) is 12.7 Å². The minimum absolute atomic E-state index is 0.722. The van der Waals surface area contributed by atoms with Gasteiger partial charge in [-0.2, -0.15) is 5.10 Å². The Hall–Kier alpha value is -1.97. The van der Waals surface area contributed by atoms with E-state index in [4.69, 9.17) is 10.5 Å². The Morgan fingerprint density at radius 2 is 2.11 bits per heavy atom. The number of nitrogens with two attached hydrogens (primary N) is 1. The standard InChI is InChI=1S/C14H19N3O/c1-18-14-8-3-2-6-12(14)7-4-5-9-17-11-13(15)10-16-17/h2-3,6,8,10-11H,4-5,7,9,15H2,1H3. The molecule has 0 saturated carbocycles. The number of ether oxygens (including phenoxy) is 1. The summed E-state index contributed by atoms with van der Waals surface area (Å²) in [5.74, 6) is 0.973. The lowest BCUT2D eigenvalue weighted by atomic mass is 10.1. The van der Waals surface area contributed by atoms with Gasteiger partial charge in [-0.05, 0) is 30.9 Å². The lowest BCUT2D eigenvalue weighted by molar-refractivity contribution is 0.408. The Balaban J connectivity index is 1.78. The number of unbranched alkanes of at least 4 members (excludes halogenated alkanes) is 1. The predicted molar refractivity (Wildman–Crippen MR) is 72.6 cm³/mol. The summed E-state index contributed by atoms with van der Waals surface area (Å²) in [5.41, 5.74) is 7.60. The highest BCUT2D eigenvalue weighted by molar-refractivity contribution is 5.33. The molecule has 0 bridgehead atoms. The average molecular weight is 245 g/mol. The quantitative estimate of drug-likeness (QED) is 0.795. The number of aryl methyl sites for hydroxylation is 2. The highest BCUT2D eigenvalue weighted by atomic mass is 16.5. The van der Waals surface area contributed by atoms with Gasteiger partial charge in [0.25, 0.3) is 0 Å². The molecule has 0 spiro atoms. The first-order chi connectivity index (χ1) is 8.79. The van der Waals surface area contributed by atoms with Gasteiger partial charge in [-0.25, -0.2) is 0 Å². The molecule has 1 heterocycles. The number of hydrogen-bond acceptors (Lipinski definition) is 3. The van der Waals surface area contributed by atoms with Crippen LogP contribution >= 0.6 is 0 Å². The number of para-hydroxylation sites is 1. The van der Waals surface area contributed by atoms with Gasteiger partial charge >= 0.3 is 0 Å². The maximum atomic E-state index is 5.61. The first-order valence-corrected chi connectivity index (χ1v) is 6.19. The Morgan fingerprint density at radius 3 is 2.83 bits per heavy atom. The van der Waals surface area contributed by atoms with Gasteiger partial charge in [-0.15, -0.1) is 0 Å². The van der Waals surface area contributed by atoms with Crippen LogP contribution in [-0.2, 0) is 13.0 Å². The molecule has 1 aromatic heterocycles. The zero-order valence-electron chi connectivity index (χ0n) is 10.7. The van der Waals surface area contributed by atoms with Crippen LogP contribution in [-0.4, -0.2) is 16.9 Å². The van der Waals surface area contributed by atoms with Crippen molar-refractivity contribution in [3.63, 3.8) is 0 Å². The van der Waals surface area contributed by atoms with E-state index in [0.717, 1.165) is 37.2 Å². The van der Waals surface area contributed by atoms with Crippen LogP contribution in [0.1, 0.15) is 18.4 Å². The van der Waals surface area contributed by atoms with Gasteiger partial charge in [0.15, 0.2) is 0 Å². The van der Waals surface area contributed by atoms with E-state index in [-0.39, 0.29) is 0 Å². The number of nitrogens with zero attached hydrogens (tertiary/aromatic N) is 2. The van der Waals surface area contributed by atoms with Crippen LogP contribution in [0.2, 0.25) is 0 Å². The Kier molecular flexibility index (Phi) is 4.23. The highest BCUT2D eigenvalue weighted by Gasteiger charge is 2.01. The second kappa shape index (κ2) is 6.10. The molecule has 0 aliphatic rings. The normalized spacial score (nSPS) is 10.5. The van der Waals surface area contributed by atoms with E-state index in [1.54, 1.807) is 13.3 Å². The first kappa shape index (κ1) is 12.5. The summed E-state index contributed by atoms with van der Waals surface area (Å²) < 4.78 is 7.22. The summed E-state index contributed by atoms with van der Waals surface area (Å²) >= 11 is 0. The third kappa shape index (κ3) is 3.26. The minimum atomic E-state index is 0.722. The number of methoxy groups -OCH3 is 1. The number of anilines is 1. The van der Waals surface area contributed by atoms with Crippen molar-refractivity contribution in [2.45, 2.75) is 25.8 Å². The van der Waals surface area contributed by atoms with Crippen molar-refractivity contribution in [2.75, 3.05) is 12.8 Å². The Bertz CT molecular complexity index is 493. The second-order valence-electron chi connectivity index (χ2n) is 4.31. The fourth-order valence-corrected chi connectivity index (χ4v) is 2.00. The molecule has 4 heteroatoms. The molecule has 2 rings (SSSR count). The zero-order valence-corrected chi connectivity index (χ0v) is 10.7. The molecular formula is C14H19N3O. The van der Waals surface area contributed by atoms with Crippen molar-refractivity contribution in [1.29, 1.82) is 0 Å². The molecule has 2 N–H and O–H groups in total. The van der Waals surface area contributed by atoms with Crippen molar-refractivity contribution in [1.82, 2.24) is 9.78 Å². The van der Waals surface area contributed by atoms with Crippen molar-refractivity contribution in [3.8, 4) is 5.75 Å². The minimum Gasteiger partial charge on any atom is -0.496 e. The number of aromatic nitrogens is 2. The van der Waals surface area contributed by atoms with Crippen LogP contribution < -0.4 is 10.5 Å². The predicted octanol–water partition coefficient (Wildman–Crippen LogP) is 2.50. The Labute approximate surface area is 107 Å². The van der Waals surface area contributed by atoms with Gasteiger partial charge in [-0.3, -0.25) is 4.68 Å². The maximum absolute atomic E-state index is 5.61. The van der Waals surface area contributed by atoms with Crippen LogP contribution in [0.4, 0.5) is 5.69 Å². The van der Waals surface area contributed by atoms with Crippen molar-refractivity contribution < 1.29 is 4.74 Å². The highest BCUT2D eigenvalue weighted by Crippen LogP contribution is 2.19. The molecule has 0 saturated heterocycles. The summed E-state index contributed by atoms with van der Waals surface area (Å²) in [4.78, 5) is 0. The lowest BCUT2D eigenvalue weighted by Gasteiger charge is -2.07. The molecule has 2 aromatic rings. The fraction of sp³-hybridized carbons (Fsp3) is 0.357. The molecule has 0 amide bonds. The summed E-state index contributed by atoms with van der Waals surface area (Å²) in [5, 5.41) is 4.16. The van der Waals surface area contributed by atoms with E-state index in [0.29, 0.717) is 0 Å². The molecule has 0 atom stereocenters. The van der Waals surface area contributed by atoms with Gasteiger partial charge in [0.2, 0.25) is 0 Å². The summed E-state index contributed by atoms with van der Waals surface area (Å²) in [6.45, 7) is 0.909. The number of nitrogen functional groups attached to an aromatic ring is 1. The molecule has 0 fully saturated rings.